The van der Waals surface area contributed by atoms with Gasteiger partial charge in [-0.3, -0.25) is 0 Å². The highest BCUT2D eigenvalue weighted by atomic mass is 19.3. The van der Waals surface area contributed by atoms with Crippen LogP contribution in [0.5, 0.6) is 0 Å². The van der Waals surface area contributed by atoms with Gasteiger partial charge >= 0.3 is 12.3 Å². The number of carboxylic acid groups (broad SMARTS) is 2. The van der Waals surface area contributed by atoms with Gasteiger partial charge in [-0.15, -0.1) is 0 Å². The summed E-state index contributed by atoms with van der Waals surface area (Å²) in [6.07, 6.45) is -8.11. The van der Waals surface area contributed by atoms with Gasteiger partial charge in [0.15, 0.2) is 0 Å². The molecule has 1 rings (SSSR count). The lowest BCUT2D eigenvalue weighted by atomic mass is 10.2. The molecule has 6 nitrogen and oxygen atoms in total. The summed E-state index contributed by atoms with van der Waals surface area (Å²) in [6.45, 7) is 0. The summed E-state index contributed by atoms with van der Waals surface area (Å²) in [5, 5.41) is 16.5. The van der Waals surface area contributed by atoms with Crippen molar-refractivity contribution in [2.24, 2.45) is 0 Å². The van der Waals surface area contributed by atoms with Gasteiger partial charge in [-0.2, -0.15) is 0 Å². The average molecular weight is 226 g/mol. The van der Waals surface area contributed by atoms with Crippen LogP contribution in [0, 0.1) is 0 Å². The first-order valence-electron chi connectivity index (χ1n) is 3.97. The summed E-state index contributed by atoms with van der Waals surface area (Å²) in [4.78, 5) is 20.3. The summed E-state index contributed by atoms with van der Waals surface area (Å²) in [7, 11) is 0. The third-order valence-electron chi connectivity index (χ3n) is 1.92. The van der Waals surface area contributed by atoms with Gasteiger partial charge in [0.2, 0.25) is 0 Å². The van der Waals surface area contributed by atoms with Crippen LogP contribution in [0.4, 0.5) is 18.4 Å². The van der Waals surface area contributed by atoms with Crippen molar-refractivity contribution in [2.45, 2.75) is 31.0 Å². The molecule has 0 aromatic heterocycles. The predicted molar refractivity (Wildman–Crippen MR) is 40.0 cm³/mol. The normalized spacial score (nSPS) is 28.4. The molecule has 2 unspecified atom stereocenters. The molecule has 0 amide bonds. The molecule has 86 valence electrons. The Kier molecular flexibility index (Phi) is 2.96. The highest BCUT2D eigenvalue weighted by Crippen LogP contribution is 2.38. The highest BCUT2D eigenvalue weighted by molar-refractivity contribution is 5.58. The van der Waals surface area contributed by atoms with Crippen LogP contribution in [-0.2, 0) is 9.47 Å². The number of hydrogen-bond acceptors (Lipinski definition) is 4. The van der Waals surface area contributed by atoms with Crippen molar-refractivity contribution in [2.75, 3.05) is 0 Å². The smallest absolute Gasteiger partial charge is 0.450 e. The van der Waals surface area contributed by atoms with Gasteiger partial charge in [-0.25, -0.2) is 18.4 Å². The van der Waals surface area contributed by atoms with E-state index in [4.69, 9.17) is 10.2 Å². The first-order valence-corrected chi connectivity index (χ1v) is 3.97. The van der Waals surface area contributed by atoms with Gasteiger partial charge in [0.1, 0.15) is 12.2 Å². The third-order valence-corrected chi connectivity index (χ3v) is 1.92. The molecule has 1 aliphatic carbocycles. The molecule has 1 saturated carbocycles. The maximum absolute atomic E-state index is 12.8. The Morgan fingerprint density at radius 1 is 1.07 bits per heavy atom. The number of ether oxygens (including phenoxy) is 2. The predicted octanol–water partition coefficient (Wildman–Crippen LogP) is 1.54. The second-order valence-electron chi connectivity index (χ2n) is 3.11. The van der Waals surface area contributed by atoms with E-state index in [1.807, 2.05) is 0 Å². The van der Waals surface area contributed by atoms with Crippen LogP contribution in [0.25, 0.3) is 0 Å². The van der Waals surface area contributed by atoms with Gasteiger partial charge < -0.3 is 19.7 Å². The Hall–Kier alpha value is -1.60. The molecule has 0 spiro atoms. The fourth-order valence-corrected chi connectivity index (χ4v) is 1.43. The van der Waals surface area contributed by atoms with Gasteiger partial charge in [0.05, 0.1) is 12.8 Å². The summed E-state index contributed by atoms with van der Waals surface area (Å²) < 4.78 is 33.8. The van der Waals surface area contributed by atoms with Crippen molar-refractivity contribution in [1.82, 2.24) is 0 Å². The van der Waals surface area contributed by atoms with Crippen LogP contribution in [-0.4, -0.2) is 40.7 Å². The average Bonchev–Trinajstić information content (AvgIpc) is 2.22. The molecule has 1 fully saturated rings. The number of hydrogen-bond donors (Lipinski definition) is 2. The quantitative estimate of drug-likeness (QED) is 0.693. The Labute approximate surface area is 82.4 Å². The Morgan fingerprint density at radius 2 is 1.40 bits per heavy atom. The molecule has 8 heteroatoms. The van der Waals surface area contributed by atoms with Gasteiger partial charge in [-0.1, -0.05) is 0 Å². The minimum Gasteiger partial charge on any atom is -0.450 e. The summed E-state index contributed by atoms with van der Waals surface area (Å²) in [6, 6.07) is 0. The molecular formula is C7H8F2O6. The lowest BCUT2D eigenvalue weighted by molar-refractivity contribution is -0.0256. The minimum absolute atomic E-state index is 0.864. The van der Waals surface area contributed by atoms with Crippen molar-refractivity contribution < 1.29 is 38.1 Å². The highest BCUT2D eigenvalue weighted by Gasteiger charge is 2.50. The number of rotatable bonds is 2. The molecule has 2 N–H and O–H groups in total. The topological polar surface area (TPSA) is 93.1 Å². The second-order valence-corrected chi connectivity index (χ2v) is 3.11. The van der Waals surface area contributed by atoms with E-state index in [9.17, 15) is 18.4 Å². The molecule has 15 heavy (non-hydrogen) atoms. The maximum atomic E-state index is 12.8. The molecule has 0 bridgehead atoms. The molecule has 0 saturated heterocycles. The number of alkyl halides is 2. The zero-order chi connectivity index (χ0) is 11.6. The zero-order valence-electron chi connectivity index (χ0n) is 7.35. The van der Waals surface area contributed by atoms with E-state index >= 15 is 0 Å². The maximum Gasteiger partial charge on any atom is 0.506 e. The first kappa shape index (κ1) is 11.5. The van der Waals surface area contributed by atoms with Crippen LogP contribution in [0.3, 0.4) is 0 Å². The van der Waals surface area contributed by atoms with Crippen molar-refractivity contribution in [3.8, 4) is 0 Å². The fourth-order valence-electron chi connectivity index (χ4n) is 1.43. The van der Waals surface area contributed by atoms with E-state index in [0.29, 0.717) is 0 Å². The molecule has 0 aliphatic heterocycles. The van der Waals surface area contributed by atoms with Gasteiger partial charge in [0, 0.05) is 0 Å². The van der Waals surface area contributed by atoms with E-state index in [1.165, 1.54) is 0 Å². The van der Waals surface area contributed by atoms with Crippen molar-refractivity contribution in [1.29, 1.82) is 0 Å². The van der Waals surface area contributed by atoms with Crippen molar-refractivity contribution in [3.05, 3.63) is 0 Å². The van der Waals surface area contributed by atoms with Crippen LogP contribution < -0.4 is 0 Å². The molecular weight excluding hydrogens is 218 g/mol. The first-order chi connectivity index (χ1) is 6.80. The standard InChI is InChI=1S/C7H8F2O6/c8-7(9)1-3(14-5(10)11)4(2-7)15-6(12)13/h3-4H,1-2H2,(H,10,11)(H,12,13). The van der Waals surface area contributed by atoms with E-state index in [-0.39, 0.29) is 0 Å². The van der Waals surface area contributed by atoms with E-state index in [0.717, 1.165) is 0 Å². The lowest BCUT2D eigenvalue weighted by Gasteiger charge is -2.15. The molecule has 0 heterocycles. The van der Waals surface area contributed by atoms with Crippen molar-refractivity contribution in [3.63, 3.8) is 0 Å². The Balaban J connectivity index is 2.65. The number of halogens is 2. The molecule has 0 aromatic carbocycles. The minimum atomic E-state index is -3.17. The summed E-state index contributed by atoms with van der Waals surface area (Å²) >= 11 is 0. The van der Waals surface area contributed by atoms with Crippen molar-refractivity contribution >= 4 is 12.3 Å². The Bertz CT molecular complexity index is 253. The van der Waals surface area contributed by atoms with E-state index < -0.39 is 43.3 Å². The van der Waals surface area contributed by atoms with Crippen LogP contribution in [0.2, 0.25) is 0 Å². The van der Waals surface area contributed by atoms with Gasteiger partial charge in [0.25, 0.3) is 5.92 Å². The zero-order valence-corrected chi connectivity index (χ0v) is 7.35. The fraction of sp³-hybridized carbons (Fsp3) is 0.714. The van der Waals surface area contributed by atoms with Crippen LogP contribution in [0.1, 0.15) is 12.8 Å². The summed E-state index contributed by atoms with van der Waals surface area (Å²) in [5.74, 6) is -3.17. The van der Waals surface area contributed by atoms with Crippen LogP contribution in [0.15, 0.2) is 0 Å². The molecule has 0 radical (unpaired) electrons. The molecule has 2 atom stereocenters. The Morgan fingerprint density at radius 3 is 1.67 bits per heavy atom. The van der Waals surface area contributed by atoms with E-state index in [2.05, 4.69) is 9.47 Å². The van der Waals surface area contributed by atoms with E-state index in [1.54, 1.807) is 0 Å². The monoisotopic (exact) mass is 226 g/mol. The summed E-state index contributed by atoms with van der Waals surface area (Å²) in [5.41, 5.74) is 0. The number of carbonyl (C=O) groups is 2. The molecule has 1 aliphatic rings. The molecule has 0 aromatic rings. The van der Waals surface area contributed by atoms with Gasteiger partial charge in [-0.05, 0) is 0 Å². The largest absolute Gasteiger partial charge is 0.506 e. The third kappa shape index (κ3) is 3.22. The lowest BCUT2D eigenvalue weighted by Crippen LogP contribution is -2.29. The van der Waals surface area contributed by atoms with Crippen LogP contribution >= 0.6 is 0 Å². The SMILES string of the molecule is O=C(O)OC1CC(F)(F)CC1OC(=O)O. The second kappa shape index (κ2) is 3.87.